The Morgan fingerprint density at radius 2 is 1.77 bits per heavy atom. The number of nitrogens with zero attached hydrogens (tertiary/aromatic N) is 1. The Balaban J connectivity index is 1.66. The van der Waals surface area contributed by atoms with Crippen molar-refractivity contribution in [2.24, 2.45) is 11.5 Å². The van der Waals surface area contributed by atoms with Crippen molar-refractivity contribution in [1.82, 2.24) is 4.72 Å². The van der Waals surface area contributed by atoms with Crippen LogP contribution in [0.15, 0.2) is 40.6 Å². The van der Waals surface area contributed by atoms with Crippen molar-refractivity contribution >= 4 is 39.7 Å². The number of thiophene rings is 1. The first kappa shape index (κ1) is 26.7. The van der Waals surface area contributed by atoms with E-state index >= 15 is 0 Å². The highest BCUT2D eigenvalue weighted by molar-refractivity contribution is 7.91. The Kier molecular flexibility index (Phi) is 9.30. The number of sulfonamides is 1. The maximum atomic E-state index is 13.6. The van der Waals surface area contributed by atoms with E-state index in [9.17, 15) is 17.4 Å². The fourth-order valence-electron chi connectivity index (χ4n) is 2.70. The molecule has 0 saturated heterocycles. The number of nitrogens with two attached hydrogens (primary N) is 2. The summed E-state index contributed by atoms with van der Waals surface area (Å²) in [7, 11) is -6.85. The number of halogens is 1. The SMILES string of the molecule is N#Cc1ccc(O[P+](=O)OCNS(=O)(=O)c2cc3cc(OCCN)c(OCCN)cc3s2)cc1F. The first-order valence-electron chi connectivity index (χ1n) is 9.98. The number of benzene rings is 2. The van der Waals surface area contributed by atoms with E-state index in [0.29, 0.717) is 21.6 Å². The molecule has 0 spiro atoms. The van der Waals surface area contributed by atoms with Gasteiger partial charge in [0.25, 0.3) is 10.0 Å². The summed E-state index contributed by atoms with van der Waals surface area (Å²) in [5.41, 5.74) is 10.8. The number of nitrogens with one attached hydrogen (secondary N) is 1. The van der Waals surface area contributed by atoms with E-state index in [0.717, 1.165) is 23.5 Å². The van der Waals surface area contributed by atoms with E-state index in [1.165, 1.54) is 12.1 Å². The van der Waals surface area contributed by atoms with E-state index in [1.807, 2.05) is 0 Å². The van der Waals surface area contributed by atoms with Crippen molar-refractivity contribution in [1.29, 1.82) is 5.26 Å². The predicted molar refractivity (Wildman–Crippen MR) is 127 cm³/mol. The summed E-state index contributed by atoms with van der Waals surface area (Å²) in [6.45, 7) is 0.395. The number of ether oxygens (including phenoxy) is 2. The second-order valence-electron chi connectivity index (χ2n) is 6.67. The van der Waals surface area contributed by atoms with Gasteiger partial charge in [-0.25, -0.2) is 17.3 Å². The maximum absolute atomic E-state index is 13.6. The number of fused-ring (bicyclic) bond motifs is 1. The summed E-state index contributed by atoms with van der Waals surface area (Å²) in [6.07, 6.45) is 0. The summed E-state index contributed by atoms with van der Waals surface area (Å²) in [4.78, 5) is 0. The third kappa shape index (κ3) is 7.06. The van der Waals surface area contributed by atoms with Gasteiger partial charge in [0.05, 0.1) is 5.56 Å². The van der Waals surface area contributed by atoms with Crippen LogP contribution in [0.25, 0.3) is 10.1 Å². The average molecular weight is 544 g/mol. The van der Waals surface area contributed by atoms with Gasteiger partial charge in [-0.3, -0.25) is 0 Å². The van der Waals surface area contributed by atoms with Crippen molar-refractivity contribution in [2.45, 2.75) is 4.21 Å². The molecule has 0 amide bonds. The minimum Gasteiger partial charge on any atom is -0.488 e. The molecule has 0 aliphatic carbocycles. The van der Waals surface area contributed by atoms with Gasteiger partial charge >= 0.3 is 8.25 Å². The number of rotatable bonds is 13. The van der Waals surface area contributed by atoms with Crippen molar-refractivity contribution in [3.63, 3.8) is 0 Å². The molecular weight excluding hydrogens is 522 g/mol. The fraction of sp³-hybridized carbons (Fsp3) is 0.250. The van der Waals surface area contributed by atoms with E-state index in [-0.39, 0.29) is 41.8 Å². The first-order valence-corrected chi connectivity index (χ1v) is 13.4. The molecule has 3 rings (SSSR count). The largest absolute Gasteiger partial charge is 0.751 e. The van der Waals surface area contributed by atoms with Crippen molar-refractivity contribution in [3.8, 4) is 23.3 Å². The highest BCUT2D eigenvalue weighted by atomic mass is 32.2. The molecule has 2 aromatic carbocycles. The van der Waals surface area contributed by atoms with Crippen LogP contribution in [-0.2, 0) is 19.1 Å². The molecule has 0 radical (unpaired) electrons. The number of hydrogen-bond donors (Lipinski definition) is 3. The molecule has 0 bridgehead atoms. The lowest BCUT2D eigenvalue weighted by Crippen LogP contribution is -2.24. The average Bonchev–Trinajstić information content (AvgIpc) is 3.25. The summed E-state index contributed by atoms with van der Waals surface area (Å²) >= 11 is 0.981. The van der Waals surface area contributed by atoms with Crippen LogP contribution in [0.4, 0.5) is 4.39 Å². The minimum atomic E-state index is -4.02. The molecular formula is C20H21FN4O7PS2+. The molecule has 0 saturated carbocycles. The molecule has 186 valence electrons. The van der Waals surface area contributed by atoms with Crippen LogP contribution in [0.3, 0.4) is 0 Å². The molecule has 0 aliphatic rings. The maximum Gasteiger partial charge on any atom is 0.751 e. The van der Waals surface area contributed by atoms with Crippen LogP contribution < -0.4 is 30.2 Å². The highest BCUT2D eigenvalue weighted by Crippen LogP contribution is 2.38. The quantitative estimate of drug-likeness (QED) is 0.214. The van der Waals surface area contributed by atoms with E-state index in [4.69, 9.17) is 35.3 Å². The Labute approximate surface area is 205 Å². The van der Waals surface area contributed by atoms with Gasteiger partial charge in [-0.05, 0) is 29.7 Å². The van der Waals surface area contributed by atoms with Gasteiger partial charge in [-0.2, -0.15) is 9.98 Å². The van der Waals surface area contributed by atoms with Crippen LogP contribution in [0.5, 0.6) is 17.2 Å². The lowest BCUT2D eigenvalue weighted by molar-refractivity contribution is 0.278. The molecule has 5 N–H and O–H groups in total. The van der Waals surface area contributed by atoms with Gasteiger partial charge in [-0.1, -0.05) is 4.52 Å². The van der Waals surface area contributed by atoms with Crippen LogP contribution in [-0.4, -0.2) is 41.5 Å². The van der Waals surface area contributed by atoms with Gasteiger partial charge in [0, 0.05) is 34.5 Å². The standard InChI is InChI=1S/C20H21FN4O7PS2/c21-16-9-15(2-1-13(16)11-24)32-33(26)31-12-25-35(27,28)20-8-14-7-17(29-5-3-22)18(30-6-4-23)10-19(14)34-20/h1-2,7-10,25H,3-6,12,22-23H2/q+1. The van der Waals surface area contributed by atoms with Crippen LogP contribution in [0.1, 0.15) is 5.56 Å². The minimum absolute atomic E-state index is 0.0258. The summed E-state index contributed by atoms with van der Waals surface area (Å²) in [5.74, 6) is -0.183. The Morgan fingerprint density at radius 1 is 1.09 bits per heavy atom. The van der Waals surface area contributed by atoms with E-state index in [1.54, 1.807) is 18.2 Å². The summed E-state index contributed by atoms with van der Waals surface area (Å²) in [5, 5.41) is 9.32. The molecule has 0 fully saturated rings. The molecule has 1 heterocycles. The van der Waals surface area contributed by atoms with Crippen LogP contribution in [0.2, 0.25) is 0 Å². The van der Waals surface area contributed by atoms with Crippen molar-refractivity contribution in [2.75, 3.05) is 33.0 Å². The molecule has 1 unspecified atom stereocenters. The highest BCUT2D eigenvalue weighted by Gasteiger charge is 2.26. The zero-order valence-corrected chi connectivity index (χ0v) is 20.6. The van der Waals surface area contributed by atoms with Gasteiger partial charge in [0.1, 0.15) is 29.3 Å². The second-order valence-corrected chi connectivity index (χ2v) is 10.6. The van der Waals surface area contributed by atoms with E-state index in [2.05, 4.69) is 4.72 Å². The zero-order valence-electron chi connectivity index (χ0n) is 18.1. The lowest BCUT2D eigenvalue weighted by atomic mass is 10.2. The third-order valence-electron chi connectivity index (χ3n) is 4.24. The van der Waals surface area contributed by atoms with Gasteiger partial charge < -0.3 is 20.9 Å². The normalized spacial score (nSPS) is 11.8. The monoisotopic (exact) mass is 543 g/mol. The topological polar surface area (TPSA) is 176 Å². The lowest BCUT2D eigenvalue weighted by Gasteiger charge is -2.12. The van der Waals surface area contributed by atoms with Crippen LogP contribution in [0, 0.1) is 17.1 Å². The summed E-state index contributed by atoms with van der Waals surface area (Å²) < 4.78 is 74.6. The molecule has 11 nitrogen and oxygen atoms in total. The number of hydrogen-bond acceptors (Lipinski definition) is 11. The molecule has 15 heteroatoms. The molecule has 3 aromatic rings. The Bertz CT molecular complexity index is 1320. The smallest absolute Gasteiger partial charge is 0.488 e. The predicted octanol–water partition coefficient (Wildman–Crippen LogP) is 2.58. The molecule has 1 aromatic heterocycles. The van der Waals surface area contributed by atoms with E-state index < -0.39 is 30.8 Å². The van der Waals surface area contributed by atoms with Crippen molar-refractivity contribution < 1.29 is 35.9 Å². The zero-order chi connectivity index (χ0) is 25.4. The van der Waals surface area contributed by atoms with Gasteiger partial charge in [0.15, 0.2) is 24.0 Å². The Morgan fingerprint density at radius 3 is 2.40 bits per heavy atom. The molecule has 1 atom stereocenters. The Hall–Kier alpha value is -2.89. The van der Waals surface area contributed by atoms with Gasteiger partial charge in [0.2, 0.25) is 0 Å². The fourth-order valence-corrected chi connectivity index (χ4v) is 5.63. The second kappa shape index (κ2) is 12.2. The third-order valence-corrected chi connectivity index (χ3v) is 7.88. The van der Waals surface area contributed by atoms with Crippen molar-refractivity contribution in [3.05, 3.63) is 47.8 Å². The summed E-state index contributed by atoms with van der Waals surface area (Å²) in [6, 6.07) is 9.63. The van der Waals surface area contributed by atoms with Gasteiger partial charge in [-0.15, -0.1) is 11.3 Å². The molecule has 0 aliphatic heterocycles. The molecule has 35 heavy (non-hydrogen) atoms. The van der Waals surface area contributed by atoms with Crippen LogP contribution >= 0.6 is 19.6 Å². The first-order chi connectivity index (χ1) is 16.8. The number of nitriles is 1.